The van der Waals surface area contributed by atoms with Crippen LogP contribution in [0.25, 0.3) is 5.57 Å². The molecule has 3 heteroatoms. The Labute approximate surface area is 214 Å². The third kappa shape index (κ3) is 6.71. The van der Waals surface area contributed by atoms with Crippen molar-refractivity contribution in [3.63, 3.8) is 0 Å². The van der Waals surface area contributed by atoms with E-state index in [1.807, 2.05) is 20.8 Å². The third-order valence-electron chi connectivity index (χ3n) is 8.40. The first kappa shape index (κ1) is 27.8. The molecule has 2 nitrogen and oxygen atoms in total. The van der Waals surface area contributed by atoms with E-state index in [4.69, 9.17) is 4.74 Å². The fraction of sp³-hybridized carbons (Fsp3) is 0.710. The number of unbranched alkanes of at least 4 members (excludes halogenated alkanes) is 3. The second-order valence-electron chi connectivity index (χ2n) is 12.3. The summed E-state index contributed by atoms with van der Waals surface area (Å²) in [6.45, 7) is 13.1. The molecule has 0 aliphatic heterocycles. The molecule has 2 aliphatic rings. The van der Waals surface area contributed by atoms with E-state index in [-0.39, 0.29) is 17.3 Å². The van der Waals surface area contributed by atoms with Gasteiger partial charge >= 0.3 is 215 Å². The number of esters is 1. The van der Waals surface area contributed by atoms with E-state index in [2.05, 4.69) is 57.2 Å². The molecule has 0 N–H and O–H groups in total. The fourth-order valence-corrected chi connectivity index (χ4v) is 25.1. The van der Waals surface area contributed by atoms with Crippen molar-refractivity contribution in [1.29, 1.82) is 0 Å². The number of carbonyl (C=O) groups excluding carboxylic acids is 1. The van der Waals surface area contributed by atoms with Crippen LogP contribution < -0.4 is 0 Å². The predicted octanol–water partition coefficient (Wildman–Crippen LogP) is 9.43. The first-order chi connectivity index (χ1) is 16.2. The Hall–Kier alpha value is -0.771. The zero-order chi connectivity index (χ0) is 24.8. The standard InChI is InChI=1S/C19H23O2.3C4H9.Sn/c1-18(2,3)21-17(20)15-9-10-16(19(13-15)11-12-19)14-7-5-4-6-8-14;3*1-3-4-2;/h4-10,15H,11-13H2,1-3H3;3*1,3-4H2,2H3;. The average molecular weight is 573 g/mol. The van der Waals surface area contributed by atoms with Crippen LogP contribution in [0.15, 0.2) is 36.4 Å². The van der Waals surface area contributed by atoms with Gasteiger partial charge in [0, 0.05) is 0 Å². The summed E-state index contributed by atoms with van der Waals surface area (Å²) in [7, 11) is 0. The van der Waals surface area contributed by atoms with Crippen molar-refractivity contribution in [1.82, 2.24) is 0 Å². The molecular weight excluding hydrogens is 523 g/mol. The maximum absolute atomic E-state index is 13.8. The molecule has 1 saturated carbocycles. The molecule has 2 unspecified atom stereocenters. The van der Waals surface area contributed by atoms with Gasteiger partial charge in [0.05, 0.1) is 0 Å². The Bertz CT molecular complexity index is 794. The summed E-state index contributed by atoms with van der Waals surface area (Å²) in [6.07, 6.45) is 13.9. The third-order valence-corrected chi connectivity index (χ3v) is 25.6. The number of rotatable bonds is 12. The summed E-state index contributed by atoms with van der Waals surface area (Å²) in [5.41, 5.74) is 2.76. The summed E-state index contributed by atoms with van der Waals surface area (Å²) in [4.78, 5) is 13.8. The van der Waals surface area contributed by atoms with Gasteiger partial charge in [0.15, 0.2) is 0 Å². The number of ether oxygens (including phenoxy) is 1. The number of benzene rings is 1. The predicted molar refractivity (Wildman–Crippen MR) is 149 cm³/mol. The molecule has 34 heavy (non-hydrogen) atoms. The van der Waals surface area contributed by atoms with Gasteiger partial charge in [-0.05, 0) is 0 Å². The Morgan fingerprint density at radius 3 is 1.91 bits per heavy atom. The molecule has 3 rings (SSSR count). The molecule has 2 atom stereocenters. The Morgan fingerprint density at radius 1 is 0.941 bits per heavy atom. The molecule has 1 aromatic carbocycles. The molecule has 0 aromatic heterocycles. The van der Waals surface area contributed by atoms with E-state index in [1.165, 1.54) is 70.2 Å². The number of allylic oxidation sites excluding steroid dienone is 2. The number of hydrogen-bond donors (Lipinski definition) is 0. The quantitative estimate of drug-likeness (QED) is 0.184. The first-order valence-corrected chi connectivity index (χ1v) is 21.9. The summed E-state index contributed by atoms with van der Waals surface area (Å²) in [5, 5.41) is 0. The van der Waals surface area contributed by atoms with Crippen LogP contribution in [0.1, 0.15) is 105 Å². The molecule has 1 fully saturated rings. The van der Waals surface area contributed by atoms with Crippen LogP contribution in [-0.2, 0) is 9.53 Å². The SMILES string of the molecule is CCC[CH2][Sn]([CH2]CCC)([CH2]CCC)[CH]1C=C(c2ccccc2)C2(CC2)CC1C(=O)OC(C)(C)C. The van der Waals surface area contributed by atoms with Crippen molar-refractivity contribution in [2.24, 2.45) is 11.3 Å². The van der Waals surface area contributed by atoms with Gasteiger partial charge in [0.2, 0.25) is 0 Å². The van der Waals surface area contributed by atoms with E-state index < -0.39 is 24.0 Å². The molecule has 2 aliphatic carbocycles. The molecule has 0 saturated heterocycles. The normalized spacial score (nSPS) is 21.9. The topological polar surface area (TPSA) is 26.3 Å². The van der Waals surface area contributed by atoms with E-state index in [0.717, 1.165) is 6.42 Å². The second-order valence-corrected chi connectivity index (χ2v) is 26.2. The van der Waals surface area contributed by atoms with Crippen molar-refractivity contribution >= 4 is 29.9 Å². The van der Waals surface area contributed by atoms with Crippen molar-refractivity contribution < 1.29 is 9.53 Å². The van der Waals surface area contributed by atoms with Crippen molar-refractivity contribution in [2.75, 3.05) is 0 Å². The van der Waals surface area contributed by atoms with Crippen LogP contribution in [0.4, 0.5) is 0 Å². The molecule has 190 valence electrons. The van der Waals surface area contributed by atoms with Crippen LogP contribution in [0, 0.1) is 11.3 Å². The average Bonchev–Trinajstić information content (AvgIpc) is 3.57. The second kappa shape index (κ2) is 12.0. The minimum absolute atomic E-state index is 0.0653. The van der Waals surface area contributed by atoms with Gasteiger partial charge in [-0.15, -0.1) is 0 Å². The zero-order valence-electron chi connectivity index (χ0n) is 22.9. The summed E-state index contributed by atoms with van der Waals surface area (Å²) < 4.78 is 10.9. The van der Waals surface area contributed by atoms with Gasteiger partial charge < -0.3 is 0 Å². The van der Waals surface area contributed by atoms with Crippen LogP contribution in [0.5, 0.6) is 0 Å². The van der Waals surface area contributed by atoms with Crippen LogP contribution in [0.3, 0.4) is 0 Å². The van der Waals surface area contributed by atoms with Crippen molar-refractivity contribution in [3.8, 4) is 0 Å². The van der Waals surface area contributed by atoms with Gasteiger partial charge in [-0.2, -0.15) is 0 Å². The molecule has 0 bridgehead atoms. The van der Waals surface area contributed by atoms with Crippen molar-refractivity contribution in [3.05, 3.63) is 42.0 Å². The van der Waals surface area contributed by atoms with E-state index >= 15 is 0 Å². The number of hydrogen-bond acceptors (Lipinski definition) is 2. The summed E-state index contributed by atoms with van der Waals surface area (Å²) in [6, 6.07) is 11.1. The summed E-state index contributed by atoms with van der Waals surface area (Å²) in [5.74, 6) is 0.160. The van der Waals surface area contributed by atoms with Gasteiger partial charge in [0.25, 0.3) is 0 Å². The number of carbonyl (C=O) groups is 1. The Morgan fingerprint density at radius 2 is 1.47 bits per heavy atom. The monoisotopic (exact) mass is 574 g/mol. The van der Waals surface area contributed by atoms with Gasteiger partial charge in [-0.3, -0.25) is 0 Å². The molecule has 1 aromatic rings. The molecule has 0 amide bonds. The van der Waals surface area contributed by atoms with E-state index in [9.17, 15) is 4.79 Å². The molecule has 0 radical (unpaired) electrons. The summed E-state index contributed by atoms with van der Waals surface area (Å²) >= 11 is -2.73. The zero-order valence-corrected chi connectivity index (χ0v) is 25.8. The van der Waals surface area contributed by atoms with Crippen LogP contribution >= 0.6 is 0 Å². The maximum atomic E-state index is 13.8. The molecule has 1 spiro atoms. The van der Waals surface area contributed by atoms with Gasteiger partial charge in [-0.25, -0.2) is 0 Å². The van der Waals surface area contributed by atoms with E-state index in [0.29, 0.717) is 3.93 Å². The first-order valence-electron chi connectivity index (χ1n) is 14.2. The minimum atomic E-state index is -2.73. The van der Waals surface area contributed by atoms with Gasteiger partial charge in [0.1, 0.15) is 0 Å². The Balaban J connectivity index is 2.13. The van der Waals surface area contributed by atoms with Gasteiger partial charge in [-0.1, -0.05) is 0 Å². The van der Waals surface area contributed by atoms with Crippen LogP contribution in [0.2, 0.25) is 17.2 Å². The Kier molecular flexibility index (Phi) is 9.80. The van der Waals surface area contributed by atoms with E-state index in [1.54, 1.807) is 5.57 Å². The van der Waals surface area contributed by atoms with Crippen molar-refractivity contribution in [2.45, 2.75) is 122 Å². The fourth-order valence-electron chi connectivity index (χ4n) is 6.45. The molecule has 0 heterocycles. The van der Waals surface area contributed by atoms with Crippen LogP contribution in [-0.4, -0.2) is 29.9 Å². The molecular formula is C31H50O2Sn.